The fourth-order valence-corrected chi connectivity index (χ4v) is 5.32. The molecule has 0 saturated carbocycles. The second-order valence-corrected chi connectivity index (χ2v) is 10.8. The van der Waals surface area contributed by atoms with E-state index < -0.39 is 0 Å². The van der Waals surface area contributed by atoms with Gasteiger partial charge in [0.25, 0.3) is 0 Å². The molecule has 210 valence electrons. The number of hydrogen-bond donors (Lipinski definition) is 0. The lowest BCUT2D eigenvalue weighted by atomic mass is 9.72. The van der Waals surface area contributed by atoms with Crippen LogP contribution in [0, 0.1) is 24.7 Å². The molecule has 0 heterocycles. The molecule has 4 heteroatoms. The zero-order chi connectivity index (χ0) is 28.4. The molecule has 3 unspecified atom stereocenters. The molecule has 0 bridgehead atoms. The fraction of sp³-hybridized carbons (Fsp3) is 0.697. The minimum absolute atomic E-state index is 0.0460. The van der Waals surface area contributed by atoms with Crippen molar-refractivity contribution >= 4 is 23.1 Å². The summed E-state index contributed by atoms with van der Waals surface area (Å²) >= 11 is 0. The Kier molecular flexibility index (Phi) is 18.8. The third-order valence-corrected chi connectivity index (χ3v) is 6.89. The number of rotatable bonds is 13. The van der Waals surface area contributed by atoms with Crippen LogP contribution < -0.4 is 0 Å². The number of ketones is 4. The summed E-state index contributed by atoms with van der Waals surface area (Å²) in [6, 6.07) is 6.10. The molecule has 1 aliphatic rings. The number of benzene rings is 1. The number of unbranched alkanes of at least 4 members (excludes halogenated alkanes) is 2. The Hall–Kier alpha value is -2.10. The molecular formula is C33H54O4. The maximum atomic E-state index is 12.7. The summed E-state index contributed by atoms with van der Waals surface area (Å²) < 4.78 is 0. The minimum Gasteiger partial charge on any atom is -0.300 e. The van der Waals surface area contributed by atoms with Crippen LogP contribution in [-0.4, -0.2) is 23.1 Å². The highest BCUT2D eigenvalue weighted by molar-refractivity contribution is 6.00. The van der Waals surface area contributed by atoms with Crippen molar-refractivity contribution in [2.45, 2.75) is 132 Å². The monoisotopic (exact) mass is 514 g/mol. The van der Waals surface area contributed by atoms with E-state index >= 15 is 0 Å². The average Bonchev–Trinajstić information content (AvgIpc) is 2.80. The molecule has 4 nitrogen and oxygen atoms in total. The number of aryl methyl sites for hydroxylation is 1. The fourth-order valence-electron chi connectivity index (χ4n) is 5.32. The zero-order valence-electron chi connectivity index (χ0n) is 25.1. The number of carbonyl (C=O) groups excluding carboxylic acids is 4. The van der Waals surface area contributed by atoms with E-state index in [0.717, 1.165) is 61.6 Å². The van der Waals surface area contributed by atoms with Gasteiger partial charge < -0.3 is 4.79 Å². The number of Topliss-reactive ketones (excluding diaryl/α,β-unsaturated/α-hetero) is 4. The van der Waals surface area contributed by atoms with E-state index in [9.17, 15) is 19.2 Å². The van der Waals surface area contributed by atoms with Gasteiger partial charge in [-0.25, -0.2) is 0 Å². The summed E-state index contributed by atoms with van der Waals surface area (Å²) in [4.78, 5) is 46.9. The summed E-state index contributed by atoms with van der Waals surface area (Å²) in [6.07, 6.45) is 10.7. The van der Waals surface area contributed by atoms with Gasteiger partial charge in [-0.3, -0.25) is 14.4 Å². The summed E-state index contributed by atoms with van der Waals surface area (Å²) in [5, 5.41) is 0. The molecule has 1 aliphatic carbocycles. The maximum absolute atomic E-state index is 12.7. The van der Waals surface area contributed by atoms with E-state index in [1.807, 2.05) is 26.0 Å². The van der Waals surface area contributed by atoms with Crippen LogP contribution in [0.1, 0.15) is 141 Å². The van der Waals surface area contributed by atoms with Crippen LogP contribution >= 0.6 is 0 Å². The number of hydrogen-bond acceptors (Lipinski definition) is 4. The van der Waals surface area contributed by atoms with Gasteiger partial charge in [-0.2, -0.15) is 0 Å². The first-order valence-corrected chi connectivity index (χ1v) is 14.7. The minimum atomic E-state index is -0.0622. The van der Waals surface area contributed by atoms with Crippen LogP contribution in [0.2, 0.25) is 0 Å². The van der Waals surface area contributed by atoms with Crippen LogP contribution in [0.3, 0.4) is 0 Å². The van der Waals surface area contributed by atoms with Crippen LogP contribution in [0.4, 0.5) is 0 Å². The van der Waals surface area contributed by atoms with E-state index in [4.69, 9.17) is 0 Å². The molecule has 3 atom stereocenters. The predicted octanol–water partition coefficient (Wildman–Crippen LogP) is 8.69. The first kappa shape index (κ1) is 34.9. The molecule has 0 spiro atoms. The quantitative estimate of drug-likeness (QED) is 0.195. The SMILES string of the molecule is CCC.CCCC(CC1CC(=O)c2c(C)cccc2C1)C(CC)C(=O)CC(C)=O.CCCCCC(C)=O. The van der Waals surface area contributed by atoms with Crippen molar-refractivity contribution in [3.8, 4) is 0 Å². The predicted molar refractivity (Wildman–Crippen MR) is 155 cm³/mol. The zero-order valence-corrected chi connectivity index (χ0v) is 25.1. The molecule has 0 aromatic heterocycles. The topological polar surface area (TPSA) is 68.3 Å². The van der Waals surface area contributed by atoms with Gasteiger partial charge in [0.05, 0.1) is 6.42 Å². The number of carbonyl (C=O) groups is 4. The van der Waals surface area contributed by atoms with Gasteiger partial charge in [0.1, 0.15) is 17.3 Å². The Labute approximate surface area is 227 Å². The summed E-state index contributed by atoms with van der Waals surface area (Å²) in [5.41, 5.74) is 3.14. The normalized spacial score (nSPS) is 15.8. The Morgan fingerprint density at radius 2 is 1.57 bits per heavy atom. The summed E-state index contributed by atoms with van der Waals surface area (Å²) in [5.74, 6) is 1.09. The molecule has 0 fully saturated rings. The van der Waals surface area contributed by atoms with Gasteiger partial charge >= 0.3 is 0 Å². The maximum Gasteiger partial charge on any atom is 0.163 e. The Morgan fingerprint density at radius 3 is 2.08 bits per heavy atom. The summed E-state index contributed by atoms with van der Waals surface area (Å²) in [7, 11) is 0. The van der Waals surface area contributed by atoms with Gasteiger partial charge in [-0.15, -0.1) is 0 Å². The smallest absolute Gasteiger partial charge is 0.163 e. The van der Waals surface area contributed by atoms with E-state index in [1.54, 1.807) is 6.92 Å². The average molecular weight is 515 g/mol. The third kappa shape index (κ3) is 13.9. The molecule has 2 rings (SSSR count). The van der Waals surface area contributed by atoms with Crippen LogP contribution in [0.15, 0.2) is 18.2 Å². The van der Waals surface area contributed by atoms with Gasteiger partial charge in [-0.1, -0.05) is 84.9 Å². The lowest BCUT2D eigenvalue weighted by Crippen LogP contribution is -2.29. The molecule has 1 aromatic carbocycles. The molecule has 37 heavy (non-hydrogen) atoms. The van der Waals surface area contributed by atoms with Crippen molar-refractivity contribution in [3.63, 3.8) is 0 Å². The third-order valence-electron chi connectivity index (χ3n) is 6.89. The van der Waals surface area contributed by atoms with E-state index in [0.29, 0.717) is 18.1 Å². The highest BCUT2D eigenvalue weighted by atomic mass is 16.1. The Morgan fingerprint density at radius 1 is 0.919 bits per heavy atom. The first-order valence-electron chi connectivity index (χ1n) is 14.7. The van der Waals surface area contributed by atoms with Crippen LogP contribution in [-0.2, 0) is 20.8 Å². The first-order chi connectivity index (χ1) is 17.6. The largest absolute Gasteiger partial charge is 0.300 e. The van der Waals surface area contributed by atoms with Crippen molar-refractivity contribution in [1.82, 2.24) is 0 Å². The van der Waals surface area contributed by atoms with Crippen molar-refractivity contribution < 1.29 is 19.2 Å². The van der Waals surface area contributed by atoms with Crippen molar-refractivity contribution in [2.24, 2.45) is 17.8 Å². The van der Waals surface area contributed by atoms with Crippen molar-refractivity contribution in [3.05, 3.63) is 34.9 Å². The molecule has 0 saturated heterocycles. The van der Waals surface area contributed by atoms with E-state index in [1.165, 1.54) is 26.2 Å². The van der Waals surface area contributed by atoms with E-state index in [2.05, 4.69) is 33.8 Å². The molecule has 0 radical (unpaired) electrons. The van der Waals surface area contributed by atoms with Gasteiger partial charge in [0.2, 0.25) is 0 Å². The molecular weight excluding hydrogens is 460 g/mol. The van der Waals surface area contributed by atoms with Gasteiger partial charge in [0, 0.05) is 24.3 Å². The lowest BCUT2D eigenvalue weighted by Gasteiger charge is -2.31. The number of fused-ring (bicyclic) bond motifs is 1. The molecule has 0 aliphatic heterocycles. The molecule has 0 amide bonds. The van der Waals surface area contributed by atoms with Crippen LogP contribution in [0.5, 0.6) is 0 Å². The second-order valence-electron chi connectivity index (χ2n) is 10.8. The Bertz CT molecular complexity index is 839. The van der Waals surface area contributed by atoms with Crippen molar-refractivity contribution in [1.29, 1.82) is 0 Å². The van der Waals surface area contributed by atoms with Gasteiger partial charge in [-0.05, 0) is 69.4 Å². The molecule has 0 N–H and O–H groups in total. The second kappa shape index (κ2) is 19.9. The van der Waals surface area contributed by atoms with E-state index in [-0.39, 0.29) is 35.6 Å². The molecule has 1 aromatic rings. The lowest BCUT2D eigenvalue weighted by molar-refractivity contribution is -0.130. The van der Waals surface area contributed by atoms with Crippen molar-refractivity contribution in [2.75, 3.05) is 0 Å². The van der Waals surface area contributed by atoms with Gasteiger partial charge in [0.15, 0.2) is 5.78 Å². The van der Waals surface area contributed by atoms with Crippen LogP contribution in [0.25, 0.3) is 0 Å². The Balaban J connectivity index is 0.000000992. The standard InChI is InChI=1S/C23H32O3.C7H14O.C3H8/c1-5-8-18(20(6-2)21(25)11-16(4)24)12-17-13-19-10-7-9-15(3)23(19)22(26)14-17;1-3-4-5-6-7(2)8;1-3-2/h7,9-10,17-18,20H,5-6,8,11-14H2,1-4H3;3-6H2,1-2H3;3H2,1-2H3. The highest BCUT2D eigenvalue weighted by Gasteiger charge is 2.32. The summed E-state index contributed by atoms with van der Waals surface area (Å²) in [6.45, 7) is 15.7. The highest BCUT2D eigenvalue weighted by Crippen LogP contribution is 2.36.